The van der Waals surface area contributed by atoms with E-state index in [4.69, 9.17) is 14.8 Å². The fourth-order valence-corrected chi connectivity index (χ4v) is 6.00. The fraction of sp³-hybridized carbons (Fsp3) is 0.433. The molecule has 4 aromatic rings. The van der Waals surface area contributed by atoms with E-state index in [9.17, 15) is 9.59 Å². The van der Waals surface area contributed by atoms with Gasteiger partial charge in [-0.2, -0.15) is 5.10 Å². The van der Waals surface area contributed by atoms with Gasteiger partial charge >= 0.3 is 0 Å². The van der Waals surface area contributed by atoms with Crippen molar-refractivity contribution in [2.24, 2.45) is 0 Å². The topological polar surface area (TPSA) is 96.2 Å². The van der Waals surface area contributed by atoms with Crippen molar-refractivity contribution in [3.8, 4) is 21.8 Å². The maximum atomic E-state index is 13.6. The summed E-state index contributed by atoms with van der Waals surface area (Å²) in [7, 11) is 3.07. The highest BCUT2D eigenvalue weighted by molar-refractivity contribution is 7.13. The minimum absolute atomic E-state index is 0.0509. The van der Waals surface area contributed by atoms with E-state index < -0.39 is 6.04 Å². The summed E-state index contributed by atoms with van der Waals surface area (Å²) in [6, 6.07) is 9.52. The first kappa shape index (κ1) is 28.8. The molecule has 11 heteroatoms. The second-order valence-corrected chi connectivity index (χ2v) is 11.2. The normalized spacial score (nSPS) is 15.8. The number of pyridine rings is 1. The number of Topliss-reactive ketones (excluding diaryl/α,β-unsaturated/α-hetero) is 1. The number of fused-ring (bicyclic) bond motifs is 1. The number of hydroxylamine groups is 2. The fourth-order valence-electron chi connectivity index (χ4n) is 5.31. The zero-order chi connectivity index (χ0) is 29.1. The Kier molecular flexibility index (Phi) is 8.77. The van der Waals surface area contributed by atoms with E-state index in [-0.39, 0.29) is 11.7 Å². The van der Waals surface area contributed by atoms with Gasteiger partial charge in [0.05, 0.1) is 35.1 Å². The Morgan fingerprint density at radius 1 is 1.17 bits per heavy atom. The van der Waals surface area contributed by atoms with Gasteiger partial charge in [-0.3, -0.25) is 14.4 Å². The number of hydrogen-bond donors (Lipinski definition) is 0. The van der Waals surface area contributed by atoms with Crippen LogP contribution in [-0.4, -0.2) is 87.1 Å². The molecule has 5 rings (SSSR count). The van der Waals surface area contributed by atoms with Crippen LogP contribution in [0.25, 0.3) is 27.5 Å². The van der Waals surface area contributed by atoms with Gasteiger partial charge in [0, 0.05) is 37.8 Å². The van der Waals surface area contributed by atoms with E-state index in [0.717, 1.165) is 35.6 Å². The Morgan fingerprint density at radius 2 is 1.98 bits per heavy atom. The van der Waals surface area contributed by atoms with E-state index in [1.807, 2.05) is 46.8 Å². The first-order valence-electron chi connectivity index (χ1n) is 14.1. The first-order valence-corrected chi connectivity index (χ1v) is 15.0. The Hall–Kier alpha value is -3.67. The number of anilines is 1. The molecule has 10 nitrogen and oxygen atoms in total. The molecule has 0 radical (unpaired) electrons. The van der Waals surface area contributed by atoms with Gasteiger partial charge in [-0.1, -0.05) is 19.9 Å². The van der Waals surface area contributed by atoms with Crippen molar-refractivity contribution >= 4 is 34.5 Å². The highest BCUT2D eigenvalue weighted by Crippen LogP contribution is 2.32. The van der Waals surface area contributed by atoms with Crippen molar-refractivity contribution in [3.63, 3.8) is 0 Å². The molecule has 5 heterocycles. The molecular formula is C30H37N7O3S. The third kappa shape index (κ3) is 5.88. The van der Waals surface area contributed by atoms with Crippen molar-refractivity contribution in [1.82, 2.24) is 29.5 Å². The summed E-state index contributed by atoms with van der Waals surface area (Å²) < 4.78 is 1.72. The zero-order valence-electron chi connectivity index (χ0n) is 24.3. The summed E-state index contributed by atoms with van der Waals surface area (Å²) in [5.41, 5.74) is 3.41. The standard InChI is InChI=1S/C30H37N7O3S/c1-6-35(7-2)20(3)10-11-26(38)21-17-24(32-28(18-21)36-14-13-25(36)30(39)34(4)40-5)22-19-31-37-15-12-23(33-29(22)37)27-9-8-16-41-27/h8-9,12,15-20,25H,6-7,10-11,13-14H2,1-5H3/t20-,25-/m0/s1. The third-order valence-corrected chi connectivity index (χ3v) is 8.85. The van der Waals surface area contributed by atoms with Gasteiger partial charge in [0.25, 0.3) is 5.91 Å². The number of amides is 1. The summed E-state index contributed by atoms with van der Waals surface area (Å²) in [5, 5.41) is 7.77. The lowest BCUT2D eigenvalue weighted by atomic mass is 9.99. The van der Waals surface area contributed by atoms with Crippen molar-refractivity contribution in [1.29, 1.82) is 0 Å². The lowest BCUT2D eigenvalue weighted by molar-refractivity contribution is -0.171. The van der Waals surface area contributed by atoms with Crippen LogP contribution >= 0.6 is 11.3 Å². The molecule has 41 heavy (non-hydrogen) atoms. The number of aromatic nitrogens is 4. The highest BCUT2D eigenvalue weighted by atomic mass is 32.1. The molecule has 0 spiro atoms. The van der Waals surface area contributed by atoms with Crippen molar-refractivity contribution < 1.29 is 14.4 Å². The molecule has 1 amide bonds. The van der Waals surface area contributed by atoms with Crippen LogP contribution in [0.2, 0.25) is 0 Å². The van der Waals surface area contributed by atoms with E-state index in [1.165, 1.54) is 12.2 Å². The van der Waals surface area contributed by atoms with Gasteiger partial charge < -0.3 is 9.80 Å². The minimum Gasteiger partial charge on any atom is -0.344 e. The molecular weight excluding hydrogens is 538 g/mol. The minimum atomic E-state index is -0.402. The molecule has 0 saturated carbocycles. The van der Waals surface area contributed by atoms with Crippen LogP contribution in [0, 0.1) is 0 Å². The third-order valence-electron chi connectivity index (χ3n) is 7.96. The van der Waals surface area contributed by atoms with Gasteiger partial charge in [-0.15, -0.1) is 11.3 Å². The number of carbonyl (C=O) groups is 2. The number of carbonyl (C=O) groups excluding carboxylic acids is 2. The Morgan fingerprint density at radius 3 is 2.63 bits per heavy atom. The van der Waals surface area contributed by atoms with E-state index in [0.29, 0.717) is 48.2 Å². The van der Waals surface area contributed by atoms with E-state index in [1.54, 1.807) is 29.1 Å². The lowest BCUT2D eigenvalue weighted by Gasteiger charge is -2.42. The second kappa shape index (κ2) is 12.5. The maximum Gasteiger partial charge on any atom is 0.268 e. The average molecular weight is 576 g/mol. The largest absolute Gasteiger partial charge is 0.344 e. The van der Waals surface area contributed by atoms with E-state index in [2.05, 4.69) is 30.8 Å². The SMILES string of the molecule is CCN(CC)[C@@H](C)CCC(=O)c1cc(-c2cnn3ccc(-c4cccs4)nc23)nc(N2CC[C@H]2C(=O)N(C)OC)c1. The molecule has 0 bridgehead atoms. The lowest BCUT2D eigenvalue weighted by Crippen LogP contribution is -2.56. The summed E-state index contributed by atoms with van der Waals surface area (Å²) in [5.74, 6) is 0.491. The molecule has 4 aromatic heterocycles. The van der Waals surface area contributed by atoms with Crippen LogP contribution in [0.4, 0.5) is 5.82 Å². The zero-order valence-corrected chi connectivity index (χ0v) is 25.1. The predicted octanol–water partition coefficient (Wildman–Crippen LogP) is 4.81. The molecule has 2 atom stereocenters. The number of thiophene rings is 1. The first-order chi connectivity index (χ1) is 19.8. The number of likely N-dealkylation sites (N-methyl/N-ethyl adjacent to an activating group) is 1. The maximum absolute atomic E-state index is 13.6. The van der Waals surface area contributed by atoms with Gasteiger partial charge in [-0.05, 0) is 62.5 Å². The van der Waals surface area contributed by atoms with Crippen LogP contribution < -0.4 is 4.90 Å². The molecule has 1 saturated heterocycles. The molecule has 1 fully saturated rings. The second-order valence-electron chi connectivity index (χ2n) is 10.3. The molecule has 1 aliphatic heterocycles. The van der Waals surface area contributed by atoms with E-state index >= 15 is 0 Å². The van der Waals surface area contributed by atoms with Gasteiger partial charge in [0.1, 0.15) is 11.9 Å². The van der Waals surface area contributed by atoms with Crippen molar-refractivity contribution in [2.75, 3.05) is 38.7 Å². The summed E-state index contributed by atoms with van der Waals surface area (Å²) >= 11 is 1.62. The number of rotatable bonds is 12. The van der Waals surface area contributed by atoms with Crippen LogP contribution in [0.15, 0.2) is 48.1 Å². The molecule has 0 aliphatic carbocycles. The quantitative estimate of drug-likeness (QED) is 0.175. The molecule has 0 N–H and O–H groups in total. The van der Waals surface area contributed by atoms with Crippen LogP contribution in [0.5, 0.6) is 0 Å². The highest BCUT2D eigenvalue weighted by Gasteiger charge is 2.37. The summed E-state index contributed by atoms with van der Waals surface area (Å²) in [6.07, 6.45) is 5.49. The van der Waals surface area contributed by atoms with Crippen molar-refractivity contribution in [3.05, 3.63) is 53.7 Å². The van der Waals surface area contributed by atoms with Crippen LogP contribution in [0.3, 0.4) is 0 Å². The van der Waals surface area contributed by atoms with Gasteiger partial charge in [0.15, 0.2) is 11.4 Å². The number of ketones is 1. The molecule has 216 valence electrons. The van der Waals surface area contributed by atoms with Crippen LogP contribution in [-0.2, 0) is 9.63 Å². The smallest absolute Gasteiger partial charge is 0.268 e. The Bertz CT molecular complexity index is 1520. The number of hydrogen-bond acceptors (Lipinski definition) is 9. The average Bonchev–Trinajstić information content (AvgIpc) is 3.65. The van der Waals surface area contributed by atoms with Crippen LogP contribution in [0.1, 0.15) is 50.4 Å². The van der Waals surface area contributed by atoms with Gasteiger partial charge in [0.2, 0.25) is 0 Å². The summed E-state index contributed by atoms with van der Waals surface area (Å²) in [4.78, 5) is 46.9. The Labute approximate surface area is 244 Å². The molecule has 0 aromatic carbocycles. The monoisotopic (exact) mass is 575 g/mol. The summed E-state index contributed by atoms with van der Waals surface area (Å²) in [6.45, 7) is 9.01. The Balaban J connectivity index is 1.52. The van der Waals surface area contributed by atoms with Crippen molar-refractivity contribution in [2.45, 2.75) is 52.1 Å². The number of nitrogens with zero attached hydrogens (tertiary/aromatic N) is 7. The molecule has 1 aliphatic rings. The predicted molar refractivity (Wildman–Crippen MR) is 161 cm³/mol. The molecule has 0 unspecified atom stereocenters. The van der Waals surface area contributed by atoms with Gasteiger partial charge in [-0.25, -0.2) is 19.5 Å².